The Labute approximate surface area is 93.3 Å². The second-order valence-corrected chi connectivity index (χ2v) is 4.17. The number of hydrogen-bond acceptors (Lipinski definition) is 2. The molecule has 0 aliphatic heterocycles. The van der Waals surface area contributed by atoms with E-state index in [1.165, 1.54) is 11.3 Å². The lowest BCUT2D eigenvalue weighted by Gasteiger charge is -2.23. The summed E-state index contributed by atoms with van der Waals surface area (Å²) in [6.07, 6.45) is 0. The summed E-state index contributed by atoms with van der Waals surface area (Å²) in [4.78, 5) is 2.34. The van der Waals surface area contributed by atoms with Crippen LogP contribution >= 0.6 is 0 Å². The minimum atomic E-state index is 0.565. The Hall–Kier alpha value is -1.02. The second-order valence-electron chi connectivity index (χ2n) is 4.17. The molecule has 1 aromatic rings. The number of likely N-dealkylation sites (N-methyl/N-ethyl adjacent to an activating group) is 1. The quantitative estimate of drug-likeness (QED) is 0.797. The van der Waals surface area contributed by atoms with Crippen LogP contribution in [-0.4, -0.2) is 31.1 Å². The number of anilines is 1. The number of rotatable bonds is 5. The maximum atomic E-state index is 3.46. The predicted octanol–water partition coefficient (Wildman–Crippen LogP) is 2.75. The molecule has 1 atom stereocenters. The van der Waals surface area contributed by atoms with E-state index in [1.54, 1.807) is 0 Å². The number of nitrogens with zero attached hydrogens (tertiary/aromatic N) is 1. The van der Waals surface area contributed by atoms with Gasteiger partial charge in [-0.3, -0.25) is 0 Å². The van der Waals surface area contributed by atoms with Crippen LogP contribution in [0.1, 0.15) is 19.4 Å². The van der Waals surface area contributed by atoms with Crippen LogP contribution in [0.3, 0.4) is 0 Å². The van der Waals surface area contributed by atoms with Crippen LogP contribution in [0.25, 0.3) is 0 Å². The Kier molecular flexibility index (Phi) is 4.63. The molecule has 0 aliphatic rings. The van der Waals surface area contributed by atoms with Gasteiger partial charge >= 0.3 is 0 Å². The zero-order valence-electron chi connectivity index (χ0n) is 10.2. The molecule has 1 rings (SSSR count). The molecule has 0 heterocycles. The third-order valence-electron chi connectivity index (χ3n) is 2.87. The van der Waals surface area contributed by atoms with Crippen LogP contribution in [0.5, 0.6) is 0 Å². The minimum absolute atomic E-state index is 0.565. The number of aryl methyl sites for hydroxylation is 1. The third kappa shape index (κ3) is 3.92. The maximum absolute atomic E-state index is 3.46. The predicted molar refractivity (Wildman–Crippen MR) is 67.4 cm³/mol. The molecule has 1 unspecified atom stereocenters. The molecule has 0 bridgehead atoms. The molecule has 0 aromatic heterocycles. The van der Waals surface area contributed by atoms with Crippen molar-refractivity contribution in [3.63, 3.8) is 0 Å². The molecule has 0 amide bonds. The van der Waals surface area contributed by atoms with Crippen molar-refractivity contribution in [1.82, 2.24) is 4.90 Å². The number of nitrogens with one attached hydrogen (secondary N) is 1. The van der Waals surface area contributed by atoms with Crippen molar-refractivity contribution in [1.29, 1.82) is 0 Å². The van der Waals surface area contributed by atoms with Gasteiger partial charge < -0.3 is 10.2 Å². The van der Waals surface area contributed by atoms with E-state index < -0.39 is 0 Å². The average Bonchev–Trinajstić information content (AvgIpc) is 2.25. The summed E-state index contributed by atoms with van der Waals surface area (Å²) in [6, 6.07) is 9.07. The zero-order valence-corrected chi connectivity index (χ0v) is 10.2. The summed E-state index contributed by atoms with van der Waals surface area (Å²) in [6.45, 7) is 8.63. The van der Waals surface area contributed by atoms with Gasteiger partial charge in [-0.1, -0.05) is 19.1 Å². The van der Waals surface area contributed by atoms with E-state index >= 15 is 0 Å². The summed E-state index contributed by atoms with van der Waals surface area (Å²) in [7, 11) is 2.16. The van der Waals surface area contributed by atoms with Crippen LogP contribution in [0.15, 0.2) is 24.3 Å². The Bertz CT molecular complexity index is 296. The second kappa shape index (κ2) is 5.76. The molecule has 0 radical (unpaired) electrons. The Balaban J connectivity index is 2.43. The summed E-state index contributed by atoms with van der Waals surface area (Å²) < 4.78 is 0. The van der Waals surface area contributed by atoms with E-state index in [2.05, 4.69) is 62.3 Å². The van der Waals surface area contributed by atoms with Crippen molar-refractivity contribution < 1.29 is 0 Å². The normalized spacial score (nSPS) is 12.9. The molecule has 84 valence electrons. The molecule has 15 heavy (non-hydrogen) atoms. The fourth-order valence-corrected chi connectivity index (χ4v) is 1.49. The standard InChI is InChI=1S/C13H22N2/c1-5-15(4)12(3)10-14-13-8-6-7-11(2)9-13/h6-9,12,14H,5,10H2,1-4H3. The number of benzene rings is 1. The van der Waals surface area contributed by atoms with Crippen LogP contribution in [0.2, 0.25) is 0 Å². The highest BCUT2D eigenvalue weighted by Gasteiger charge is 2.05. The lowest BCUT2D eigenvalue weighted by Crippen LogP contribution is -2.34. The van der Waals surface area contributed by atoms with Gasteiger partial charge in [0.1, 0.15) is 0 Å². The fraction of sp³-hybridized carbons (Fsp3) is 0.538. The molecule has 2 heteroatoms. The molecule has 0 spiro atoms. The lowest BCUT2D eigenvalue weighted by molar-refractivity contribution is 0.281. The van der Waals surface area contributed by atoms with Gasteiger partial charge in [0.05, 0.1) is 0 Å². The van der Waals surface area contributed by atoms with E-state index in [-0.39, 0.29) is 0 Å². The van der Waals surface area contributed by atoms with Crippen LogP contribution in [-0.2, 0) is 0 Å². The fourth-order valence-electron chi connectivity index (χ4n) is 1.49. The molecule has 0 aliphatic carbocycles. The summed E-state index contributed by atoms with van der Waals surface area (Å²) >= 11 is 0. The largest absolute Gasteiger partial charge is 0.383 e. The zero-order chi connectivity index (χ0) is 11.3. The first-order valence-corrected chi connectivity index (χ1v) is 5.64. The molecule has 1 aromatic carbocycles. The van der Waals surface area contributed by atoms with E-state index in [0.717, 1.165) is 13.1 Å². The highest BCUT2D eigenvalue weighted by atomic mass is 15.1. The highest BCUT2D eigenvalue weighted by molar-refractivity contribution is 5.45. The van der Waals surface area contributed by atoms with Crippen molar-refractivity contribution in [2.45, 2.75) is 26.8 Å². The Morgan fingerprint density at radius 3 is 2.73 bits per heavy atom. The molecule has 0 fully saturated rings. The first-order valence-electron chi connectivity index (χ1n) is 5.64. The van der Waals surface area contributed by atoms with E-state index in [0.29, 0.717) is 6.04 Å². The van der Waals surface area contributed by atoms with Gasteiger partial charge in [0, 0.05) is 18.3 Å². The average molecular weight is 206 g/mol. The summed E-state index contributed by atoms with van der Waals surface area (Å²) in [5.74, 6) is 0. The van der Waals surface area contributed by atoms with Gasteiger partial charge in [0.25, 0.3) is 0 Å². The van der Waals surface area contributed by atoms with Gasteiger partial charge in [-0.05, 0) is 45.1 Å². The van der Waals surface area contributed by atoms with Gasteiger partial charge in [0.15, 0.2) is 0 Å². The third-order valence-corrected chi connectivity index (χ3v) is 2.87. The Morgan fingerprint density at radius 1 is 1.40 bits per heavy atom. The van der Waals surface area contributed by atoms with E-state index in [1.807, 2.05) is 0 Å². The molecule has 2 nitrogen and oxygen atoms in total. The molecular weight excluding hydrogens is 184 g/mol. The van der Waals surface area contributed by atoms with Crippen LogP contribution in [0, 0.1) is 6.92 Å². The van der Waals surface area contributed by atoms with Crippen LogP contribution in [0.4, 0.5) is 5.69 Å². The maximum Gasteiger partial charge on any atom is 0.0343 e. The topological polar surface area (TPSA) is 15.3 Å². The van der Waals surface area contributed by atoms with Gasteiger partial charge in [-0.15, -0.1) is 0 Å². The number of hydrogen-bond donors (Lipinski definition) is 1. The van der Waals surface area contributed by atoms with E-state index in [4.69, 9.17) is 0 Å². The van der Waals surface area contributed by atoms with Crippen molar-refractivity contribution in [2.75, 3.05) is 25.5 Å². The van der Waals surface area contributed by atoms with Crippen molar-refractivity contribution >= 4 is 5.69 Å². The first-order chi connectivity index (χ1) is 7.13. The van der Waals surface area contributed by atoms with Crippen molar-refractivity contribution in [3.8, 4) is 0 Å². The molecule has 0 saturated heterocycles. The molecule has 0 saturated carbocycles. The van der Waals surface area contributed by atoms with Gasteiger partial charge in [-0.25, -0.2) is 0 Å². The molecular formula is C13H22N2. The monoisotopic (exact) mass is 206 g/mol. The van der Waals surface area contributed by atoms with Gasteiger partial charge in [0.2, 0.25) is 0 Å². The smallest absolute Gasteiger partial charge is 0.0343 e. The van der Waals surface area contributed by atoms with Gasteiger partial charge in [-0.2, -0.15) is 0 Å². The summed E-state index contributed by atoms with van der Waals surface area (Å²) in [5.41, 5.74) is 2.52. The Morgan fingerprint density at radius 2 is 2.13 bits per heavy atom. The SMILES string of the molecule is CCN(C)C(C)CNc1cccc(C)c1. The summed E-state index contributed by atoms with van der Waals surface area (Å²) in [5, 5.41) is 3.46. The first kappa shape index (κ1) is 12.1. The van der Waals surface area contributed by atoms with E-state index in [9.17, 15) is 0 Å². The lowest BCUT2D eigenvalue weighted by atomic mass is 10.2. The van der Waals surface area contributed by atoms with Crippen molar-refractivity contribution in [3.05, 3.63) is 29.8 Å². The molecule has 1 N–H and O–H groups in total. The van der Waals surface area contributed by atoms with Crippen LogP contribution < -0.4 is 5.32 Å². The highest BCUT2D eigenvalue weighted by Crippen LogP contribution is 2.09. The minimum Gasteiger partial charge on any atom is -0.383 e. The van der Waals surface area contributed by atoms with Crippen molar-refractivity contribution in [2.24, 2.45) is 0 Å².